The summed E-state index contributed by atoms with van der Waals surface area (Å²) in [4.78, 5) is 12.0. The molecular weight excluding hydrogens is 323 g/mol. The van der Waals surface area contributed by atoms with Gasteiger partial charge < -0.3 is 10.1 Å². The first kappa shape index (κ1) is 17.1. The molecule has 5 nitrogen and oxygen atoms in total. The van der Waals surface area contributed by atoms with Gasteiger partial charge in [0, 0.05) is 19.6 Å². The summed E-state index contributed by atoms with van der Waals surface area (Å²) in [5, 5.41) is 5.75. The van der Waals surface area contributed by atoms with Crippen LogP contribution in [-0.4, -0.2) is 35.9 Å². The monoisotopic (exact) mass is 339 g/mol. The predicted molar refractivity (Wildman–Crippen MR) is 73.8 cm³/mol. The standard InChI is InChI=1S/C13H17ClF3N3O2/c1-7(12(21)18-5-6-22-2)20-10(8-3-4-8)9(14)11(19-20)13(15,16)17/h7-8H,3-6H2,1-2H3,(H,18,21). The second kappa shape index (κ2) is 6.45. The van der Waals surface area contributed by atoms with Gasteiger partial charge in [0.15, 0.2) is 5.69 Å². The minimum absolute atomic E-state index is 0.0645. The summed E-state index contributed by atoms with van der Waals surface area (Å²) in [5.74, 6) is -0.489. The first-order chi connectivity index (χ1) is 10.3. The topological polar surface area (TPSA) is 56.1 Å². The van der Waals surface area contributed by atoms with Gasteiger partial charge in [-0.3, -0.25) is 9.48 Å². The fourth-order valence-corrected chi connectivity index (χ4v) is 2.55. The maximum atomic E-state index is 13.0. The van der Waals surface area contributed by atoms with Gasteiger partial charge in [-0.15, -0.1) is 0 Å². The van der Waals surface area contributed by atoms with Gasteiger partial charge in [-0.25, -0.2) is 0 Å². The van der Waals surface area contributed by atoms with E-state index < -0.39 is 28.8 Å². The number of aromatic nitrogens is 2. The van der Waals surface area contributed by atoms with E-state index in [4.69, 9.17) is 16.3 Å². The van der Waals surface area contributed by atoms with E-state index in [1.807, 2.05) is 0 Å². The summed E-state index contributed by atoms with van der Waals surface area (Å²) in [6.07, 6.45) is -3.14. The fraction of sp³-hybridized carbons (Fsp3) is 0.692. The van der Waals surface area contributed by atoms with E-state index >= 15 is 0 Å². The Hall–Kier alpha value is -1.28. The van der Waals surface area contributed by atoms with Crippen LogP contribution in [0.5, 0.6) is 0 Å². The third-order valence-corrected chi connectivity index (χ3v) is 3.84. The molecule has 124 valence electrons. The second-order valence-electron chi connectivity index (χ2n) is 5.22. The predicted octanol–water partition coefficient (Wildman–Crippen LogP) is 2.76. The van der Waals surface area contributed by atoms with Gasteiger partial charge in [0.1, 0.15) is 6.04 Å². The van der Waals surface area contributed by atoms with E-state index in [1.54, 1.807) is 0 Å². The molecule has 0 radical (unpaired) electrons. The lowest BCUT2D eigenvalue weighted by Gasteiger charge is -2.15. The Labute approximate surface area is 130 Å². The number of amides is 1. The van der Waals surface area contributed by atoms with Gasteiger partial charge in [0.2, 0.25) is 5.91 Å². The Balaban J connectivity index is 2.27. The van der Waals surface area contributed by atoms with Crippen molar-refractivity contribution in [2.24, 2.45) is 0 Å². The van der Waals surface area contributed by atoms with Crippen molar-refractivity contribution in [1.29, 1.82) is 0 Å². The Bertz CT molecular complexity index is 555. The molecule has 1 atom stereocenters. The van der Waals surface area contributed by atoms with Crippen molar-refractivity contribution >= 4 is 17.5 Å². The quantitative estimate of drug-likeness (QED) is 0.811. The number of nitrogens with zero attached hydrogens (tertiary/aromatic N) is 2. The van der Waals surface area contributed by atoms with E-state index in [2.05, 4.69) is 10.4 Å². The number of nitrogens with one attached hydrogen (secondary N) is 1. The Morgan fingerprint density at radius 2 is 2.18 bits per heavy atom. The van der Waals surface area contributed by atoms with Crippen LogP contribution in [0.25, 0.3) is 0 Å². The Morgan fingerprint density at radius 3 is 2.68 bits per heavy atom. The van der Waals surface area contributed by atoms with Gasteiger partial charge in [0.25, 0.3) is 0 Å². The molecule has 1 saturated carbocycles. The molecule has 1 aliphatic rings. The van der Waals surface area contributed by atoms with Crippen molar-refractivity contribution < 1.29 is 22.7 Å². The van der Waals surface area contributed by atoms with Gasteiger partial charge in [0.05, 0.1) is 17.3 Å². The molecule has 9 heteroatoms. The van der Waals surface area contributed by atoms with Crippen LogP contribution in [0.4, 0.5) is 13.2 Å². The molecule has 1 aromatic heterocycles. The molecule has 1 aliphatic carbocycles. The van der Waals surface area contributed by atoms with Gasteiger partial charge in [-0.1, -0.05) is 11.6 Å². The van der Waals surface area contributed by atoms with E-state index in [0.717, 1.165) is 17.5 Å². The molecular formula is C13H17ClF3N3O2. The van der Waals surface area contributed by atoms with Crippen molar-refractivity contribution in [2.45, 2.75) is 37.9 Å². The van der Waals surface area contributed by atoms with E-state index in [-0.39, 0.29) is 12.5 Å². The fourth-order valence-electron chi connectivity index (χ4n) is 2.16. The average Bonchev–Trinajstić information content (AvgIpc) is 3.20. The van der Waals surface area contributed by atoms with Gasteiger partial charge in [-0.2, -0.15) is 18.3 Å². The lowest BCUT2D eigenvalue weighted by Crippen LogP contribution is -2.34. The molecule has 1 fully saturated rings. The molecule has 0 spiro atoms. The summed E-state index contributed by atoms with van der Waals surface area (Å²) in [7, 11) is 1.49. The Morgan fingerprint density at radius 1 is 1.55 bits per heavy atom. The summed E-state index contributed by atoms with van der Waals surface area (Å²) < 4.78 is 44.8. The van der Waals surface area contributed by atoms with Crippen molar-refractivity contribution in [3.63, 3.8) is 0 Å². The van der Waals surface area contributed by atoms with Crippen LogP contribution >= 0.6 is 11.6 Å². The summed E-state index contributed by atoms with van der Waals surface area (Å²) in [5.41, 5.74) is -0.837. The maximum Gasteiger partial charge on any atom is 0.436 e. The summed E-state index contributed by atoms with van der Waals surface area (Å²) in [6.45, 7) is 2.10. The zero-order valence-corrected chi connectivity index (χ0v) is 13.0. The number of rotatable bonds is 6. The number of halogens is 4. The highest BCUT2D eigenvalue weighted by Crippen LogP contribution is 2.47. The van der Waals surface area contributed by atoms with Crippen LogP contribution < -0.4 is 5.32 Å². The number of hydrogen-bond donors (Lipinski definition) is 1. The van der Waals surface area contributed by atoms with Crippen molar-refractivity contribution in [3.8, 4) is 0 Å². The Kier molecular flexibility index (Phi) is 5.01. The third kappa shape index (κ3) is 3.55. The largest absolute Gasteiger partial charge is 0.436 e. The lowest BCUT2D eigenvalue weighted by atomic mass is 10.2. The molecule has 0 aliphatic heterocycles. The average molecular weight is 340 g/mol. The second-order valence-corrected chi connectivity index (χ2v) is 5.60. The van der Waals surface area contributed by atoms with E-state index in [0.29, 0.717) is 12.3 Å². The van der Waals surface area contributed by atoms with Crippen molar-refractivity contribution in [1.82, 2.24) is 15.1 Å². The lowest BCUT2D eigenvalue weighted by molar-refractivity contribution is -0.141. The number of ether oxygens (including phenoxy) is 1. The van der Waals surface area contributed by atoms with Crippen LogP contribution in [-0.2, 0) is 15.7 Å². The molecule has 1 unspecified atom stereocenters. The van der Waals surface area contributed by atoms with Crippen LogP contribution in [0.15, 0.2) is 0 Å². The summed E-state index contributed by atoms with van der Waals surface area (Å²) in [6, 6.07) is -0.874. The highest BCUT2D eigenvalue weighted by Gasteiger charge is 2.43. The highest BCUT2D eigenvalue weighted by molar-refractivity contribution is 6.32. The normalized spacial score (nSPS) is 16.6. The zero-order chi connectivity index (χ0) is 16.5. The van der Waals surface area contributed by atoms with Gasteiger partial charge >= 0.3 is 6.18 Å². The molecule has 0 aromatic carbocycles. The van der Waals surface area contributed by atoms with Crippen LogP contribution in [0.3, 0.4) is 0 Å². The highest BCUT2D eigenvalue weighted by atomic mass is 35.5. The maximum absolute atomic E-state index is 13.0. The number of hydrogen-bond acceptors (Lipinski definition) is 3. The molecule has 1 aromatic rings. The van der Waals surface area contributed by atoms with Crippen LogP contribution in [0.2, 0.25) is 5.02 Å². The van der Waals surface area contributed by atoms with E-state index in [9.17, 15) is 18.0 Å². The third-order valence-electron chi connectivity index (χ3n) is 3.47. The first-order valence-corrected chi connectivity index (χ1v) is 7.27. The zero-order valence-electron chi connectivity index (χ0n) is 12.2. The minimum Gasteiger partial charge on any atom is -0.383 e. The summed E-state index contributed by atoms with van der Waals surface area (Å²) >= 11 is 5.87. The van der Waals surface area contributed by atoms with Crippen LogP contribution in [0, 0.1) is 0 Å². The van der Waals surface area contributed by atoms with Crippen LogP contribution in [0.1, 0.15) is 43.1 Å². The van der Waals surface area contributed by atoms with Gasteiger partial charge in [-0.05, 0) is 19.8 Å². The van der Waals surface area contributed by atoms with Crippen molar-refractivity contribution in [3.05, 3.63) is 16.4 Å². The number of alkyl halides is 3. The molecule has 1 amide bonds. The molecule has 1 N–H and O–H groups in total. The molecule has 22 heavy (non-hydrogen) atoms. The van der Waals surface area contributed by atoms with E-state index in [1.165, 1.54) is 14.0 Å². The minimum atomic E-state index is -4.64. The van der Waals surface area contributed by atoms with Crippen molar-refractivity contribution in [2.75, 3.05) is 20.3 Å². The number of carbonyl (C=O) groups is 1. The molecule has 1 heterocycles. The smallest absolute Gasteiger partial charge is 0.383 e. The molecule has 0 saturated heterocycles. The molecule has 2 rings (SSSR count). The SMILES string of the molecule is COCCNC(=O)C(C)n1nc(C(F)(F)F)c(Cl)c1C1CC1. The number of carbonyl (C=O) groups excluding carboxylic acids is 1. The first-order valence-electron chi connectivity index (χ1n) is 6.89. The number of methoxy groups -OCH3 is 1. The molecule has 0 bridgehead atoms.